The van der Waals surface area contributed by atoms with Crippen LogP contribution in [0.25, 0.3) is 0 Å². The fourth-order valence-electron chi connectivity index (χ4n) is 3.19. The van der Waals surface area contributed by atoms with Crippen LogP contribution in [0.3, 0.4) is 0 Å². The predicted octanol–water partition coefficient (Wildman–Crippen LogP) is 3.93. The van der Waals surface area contributed by atoms with Crippen LogP contribution in [0.1, 0.15) is 24.8 Å². The minimum Gasteiger partial charge on any atom is -0.377 e. The third kappa shape index (κ3) is 2.38. The van der Waals surface area contributed by atoms with Crippen molar-refractivity contribution in [2.75, 3.05) is 12.5 Å². The standard InChI is InChI=1S/C15H17ClF2O/c16-9-15(6-7-19-14(15)10-4-5-10)8-11-2-1-3-12(17)13(11)18/h1-3,10,14H,4-9H2. The largest absolute Gasteiger partial charge is 0.377 e. The second-order valence-corrected chi connectivity index (χ2v) is 6.03. The van der Waals surface area contributed by atoms with Gasteiger partial charge in [-0.15, -0.1) is 11.6 Å². The first-order valence-corrected chi connectivity index (χ1v) is 7.30. The van der Waals surface area contributed by atoms with Crippen molar-refractivity contribution in [2.24, 2.45) is 11.3 Å². The molecule has 3 rings (SSSR count). The average Bonchev–Trinajstić information content (AvgIpc) is 3.17. The summed E-state index contributed by atoms with van der Waals surface area (Å²) in [6.07, 6.45) is 3.71. The highest BCUT2D eigenvalue weighted by Gasteiger charge is 2.50. The maximum absolute atomic E-state index is 13.8. The maximum atomic E-state index is 13.8. The lowest BCUT2D eigenvalue weighted by Gasteiger charge is -2.32. The predicted molar refractivity (Wildman–Crippen MR) is 70.3 cm³/mol. The Kier molecular flexibility index (Phi) is 3.52. The summed E-state index contributed by atoms with van der Waals surface area (Å²) in [4.78, 5) is 0. The molecule has 19 heavy (non-hydrogen) atoms. The normalized spacial score (nSPS) is 30.8. The summed E-state index contributed by atoms with van der Waals surface area (Å²) >= 11 is 6.18. The summed E-state index contributed by atoms with van der Waals surface area (Å²) in [5.74, 6) is -0.542. The number of halogens is 3. The van der Waals surface area contributed by atoms with Gasteiger partial charge >= 0.3 is 0 Å². The first-order chi connectivity index (χ1) is 9.16. The van der Waals surface area contributed by atoms with Crippen LogP contribution in [0.5, 0.6) is 0 Å². The van der Waals surface area contributed by atoms with E-state index in [0.29, 0.717) is 30.4 Å². The fraction of sp³-hybridized carbons (Fsp3) is 0.600. The summed E-state index contributed by atoms with van der Waals surface area (Å²) in [5, 5.41) is 0. The monoisotopic (exact) mass is 286 g/mol. The van der Waals surface area contributed by atoms with E-state index in [2.05, 4.69) is 0 Å². The fourth-order valence-corrected chi connectivity index (χ4v) is 3.57. The molecular weight excluding hydrogens is 270 g/mol. The van der Waals surface area contributed by atoms with E-state index >= 15 is 0 Å². The molecule has 0 amide bonds. The van der Waals surface area contributed by atoms with Crippen molar-refractivity contribution < 1.29 is 13.5 Å². The van der Waals surface area contributed by atoms with Gasteiger partial charge in [0.1, 0.15) is 0 Å². The number of benzene rings is 1. The number of rotatable bonds is 4. The average molecular weight is 287 g/mol. The van der Waals surface area contributed by atoms with Gasteiger partial charge in [-0.25, -0.2) is 8.78 Å². The molecule has 1 aromatic rings. The summed E-state index contributed by atoms with van der Waals surface area (Å²) < 4.78 is 33.0. The van der Waals surface area contributed by atoms with E-state index in [0.717, 1.165) is 25.3 Å². The van der Waals surface area contributed by atoms with Crippen LogP contribution >= 0.6 is 11.6 Å². The Labute approximate surface area is 116 Å². The zero-order chi connectivity index (χ0) is 13.5. The van der Waals surface area contributed by atoms with Gasteiger partial charge in [0.25, 0.3) is 0 Å². The van der Waals surface area contributed by atoms with Gasteiger partial charge in [-0.2, -0.15) is 0 Å². The topological polar surface area (TPSA) is 9.23 Å². The van der Waals surface area contributed by atoms with Gasteiger partial charge in [0, 0.05) is 17.9 Å². The summed E-state index contributed by atoms with van der Waals surface area (Å²) in [6, 6.07) is 4.35. The zero-order valence-electron chi connectivity index (χ0n) is 10.7. The molecule has 2 fully saturated rings. The van der Waals surface area contributed by atoms with E-state index in [1.54, 1.807) is 12.1 Å². The van der Waals surface area contributed by atoms with E-state index in [1.807, 2.05) is 0 Å². The summed E-state index contributed by atoms with van der Waals surface area (Å²) in [6.45, 7) is 0.671. The van der Waals surface area contributed by atoms with Crippen molar-refractivity contribution in [1.29, 1.82) is 0 Å². The lowest BCUT2D eigenvalue weighted by molar-refractivity contribution is 0.0399. The minimum atomic E-state index is -0.788. The van der Waals surface area contributed by atoms with Gasteiger partial charge in [-0.3, -0.25) is 0 Å². The molecule has 2 atom stereocenters. The van der Waals surface area contributed by atoms with Crippen molar-refractivity contribution in [1.82, 2.24) is 0 Å². The second-order valence-electron chi connectivity index (χ2n) is 5.76. The van der Waals surface area contributed by atoms with Gasteiger partial charge in [0.15, 0.2) is 11.6 Å². The molecule has 2 aliphatic rings. The van der Waals surface area contributed by atoms with Crippen molar-refractivity contribution in [3.63, 3.8) is 0 Å². The van der Waals surface area contributed by atoms with Crippen LogP contribution in [-0.2, 0) is 11.2 Å². The highest BCUT2D eigenvalue weighted by Crippen LogP contribution is 2.50. The number of hydrogen-bond acceptors (Lipinski definition) is 1. The van der Waals surface area contributed by atoms with Crippen molar-refractivity contribution in [3.05, 3.63) is 35.4 Å². The van der Waals surface area contributed by atoms with Crippen LogP contribution < -0.4 is 0 Å². The quantitative estimate of drug-likeness (QED) is 0.762. The molecule has 1 saturated carbocycles. The molecule has 0 spiro atoms. The molecule has 1 saturated heterocycles. The SMILES string of the molecule is Fc1cccc(CC2(CCl)CCOC2C2CC2)c1F. The van der Waals surface area contributed by atoms with E-state index in [4.69, 9.17) is 16.3 Å². The molecular formula is C15H17ClF2O. The summed E-state index contributed by atoms with van der Waals surface area (Å²) in [7, 11) is 0. The first-order valence-electron chi connectivity index (χ1n) is 6.77. The molecule has 0 bridgehead atoms. The lowest BCUT2D eigenvalue weighted by atomic mass is 9.75. The number of hydrogen-bond donors (Lipinski definition) is 0. The van der Waals surface area contributed by atoms with Crippen molar-refractivity contribution in [2.45, 2.75) is 31.8 Å². The van der Waals surface area contributed by atoms with Gasteiger partial charge in [-0.05, 0) is 43.2 Å². The molecule has 0 radical (unpaired) electrons. The Balaban J connectivity index is 1.88. The Morgan fingerprint density at radius 1 is 1.32 bits per heavy atom. The van der Waals surface area contributed by atoms with E-state index in [9.17, 15) is 8.78 Å². The third-order valence-electron chi connectivity index (χ3n) is 4.39. The highest BCUT2D eigenvalue weighted by molar-refractivity contribution is 6.18. The lowest BCUT2D eigenvalue weighted by Crippen LogP contribution is -2.37. The summed E-state index contributed by atoms with van der Waals surface area (Å²) in [5.41, 5.74) is 0.175. The molecule has 1 heterocycles. The van der Waals surface area contributed by atoms with Gasteiger partial charge in [0.2, 0.25) is 0 Å². The maximum Gasteiger partial charge on any atom is 0.162 e. The zero-order valence-corrected chi connectivity index (χ0v) is 11.4. The van der Waals surface area contributed by atoms with Crippen LogP contribution in [-0.4, -0.2) is 18.6 Å². The molecule has 1 aliphatic carbocycles. The Bertz CT molecular complexity index is 475. The van der Waals surface area contributed by atoms with E-state index in [1.165, 1.54) is 0 Å². The van der Waals surface area contributed by atoms with Gasteiger partial charge < -0.3 is 4.74 Å². The van der Waals surface area contributed by atoms with Gasteiger partial charge in [-0.1, -0.05) is 12.1 Å². The van der Waals surface area contributed by atoms with Gasteiger partial charge in [0.05, 0.1) is 6.10 Å². The van der Waals surface area contributed by atoms with Crippen molar-refractivity contribution in [3.8, 4) is 0 Å². The highest BCUT2D eigenvalue weighted by atomic mass is 35.5. The third-order valence-corrected chi connectivity index (χ3v) is 4.92. The molecule has 104 valence electrons. The second kappa shape index (κ2) is 5.02. The molecule has 4 heteroatoms. The Morgan fingerprint density at radius 3 is 2.79 bits per heavy atom. The minimum absolute atomic E-state index is 0.104. The molecule has 1 aliphatic heterocycles. The Morgan fingerprint density at radius 2 is 2.11 bits per heavy atom. The van der Waals surface area contributed by atoms with Crippen LogP contribution in [0.2, 0.25) is 0 Å². The molecule has 1 aromatic carbocycles. The molecule has 0 N–H and O–H groups in total. The number of ether oxygens (including phenoxy) is 1. The molecule has 1 nitrogen and oxygen atoms in total. The number of alkyl halides is 1. The van der Waals surface area contributed by atoms with E-state index < -0.39 is 11.6 Å². The van der Waals surface area contributed by atoms with Crippen molar-refractivity contribution >= 4 is 11.6 Å². The molecule has 2 unspecified atom stereocenters. The van der Waals surface area contributed by atoms with E-state index in [-0.39, 0.29) is 11.5 Å². The van der Waals surface area contributed by atoms with Crippen LogP contribution in [0.4, 0.5) is 8.78 Å². The molecule has 0 aromatic heterocycles. The van der Waals surface area contributed by atoms with Crippen LogP contribution in [0, 0.1) is 23.0 Å². The first kappa shape index (κ1) is 13.3. The van der Waals surface area contributed by atoms with Crippen LogP contribution in [0.15, 0.2) is 18.2 Å². The Hall–Kier alpha value is -0.670. The smallest absolute Gasteiger partial charge is 0.162 e.